The van der Waals surface area contributed by atoms with E-state index in [0.717, 1.165) is 11.8 Å². The topological polar surface area (TPSA) is 134 Å². The average molecular weight is 436 g/mol. The number of esters is 1. The number of ether oxygens (including phenoxy) is 3. The van der Waals surface area contributed by atoms with Crippen LogP contribution in [0.5, 0.6) is 17.5 Å². The van der Waals surface area contributed by atoms with E-state index in [4.69, 9.17) is 14.2 Å². The van der Waals surface area contributed by atoms with Crippen molar-refractivity contribution in [2.24, 2.45) is 0 Å². The van der Waals surface area contributed by atoms with Crippen molar-refractivity contribution in [3.63, 3.8) is 0 Å². The van der Waals surface area contributed by atoms with Crippen LogP contribution in [0.4, 0.5) is 5.69 Å². The van der Waals surface area contributed by atoms with Gasteiger partial charge in [-0.15, -0.1) is 0 Å². The van der Waals surface area contributed by atoms with Crippen LogP contribution in [0, 0.1) is 10.1 Å². The zero-order valence-electron chi connectivity index (χ0n) is 16.8. The van der Waals surface area contributed by atoms with Crippen molar-refractivity contribution < 1.29 is 28.7 Å². The Kier molecular flexibility index (Phi) is 7.92. The Hall–Kier alpha value is -3.41. The van der Waals surface area contributed by atoms with E-state index in [1.54, 1.807) is 39.4 Å². The zero-order chi connectivity index (χ0) is 22.3. The summed E-state index contributed by atoms with van der Waals surface area (Å²) in [5, 5.41) is 11.8. The lowest BCUT2D eigenvalue weighted by Gasteiger charge is -2.12. The summed E-state index contributed by atoms with van der Waals surface area (Å²) in [6.45, 7) is 1.20. The molecule has 0 bridgehead atoms. The summed E-state index contributed by atoms with van der Waals surface area (Å²) in [5.41, 5.74) is -0.320. The first-order valence-electron chi connectivity index (χ1n) is 8.65. The van der Waals surface area contributed by atoms with E-state index in [1.165, 1.54) is 17.0 Å². The third-order valence-electron chi connectivity index (χ3n) is 3.50. The summed E-state index contributed by atoms with van der Waals surface area (Å²) < 4.78 is 15.6. The molecule has 0 fully saturated rings. The highest BCUT2D eigenvalue weighted by Crippen LogP contribution is 2.38. The largest absolute Gasteiger partial charge is 0.463 e. The van der Waals surface area contributed by atoms with Gasteiger partial charge in [-0.2, -0.15) is 9.97 Å². The monoisotopic (exact) mass is 436 g/mol. The second-order valence-corrected chi connectivity index (χ2v) is 6.62. The van der Waals surface area contributed by atoms with Crippen LogP contribution in [0.2, 0.25) is 0 Å². The minimum Gasteiger partial charge on any atom is -0.463 e. The number of nitro groups is 1. The molecule has 11 nitrogen and oxygen atoms in total. The van der Waals surface area contributed by atoms with E-state index in [9.17, 15) is 19.7 Å². The molecule has 0 atom stereocenters. The third-order valence-corrected chi connectivity index (χ3v) is 4.05. The molecule has 0 saturated heterocycles. The number of rotatable bonds is 9. The molecule has 30 heavy (non-hydrogen) atoms. The number of thioether (sulfide) groups is 1. The number of carbonyl (C=O) groups excluding carboxylic acids is 2. The molecule has 2 rings (SSSR count). The quantitative estimate of drug-likeness (QED) is 0.190. The summed E-state index contributed by atoms with van der Waals surface area (Å²) in [5.74, 6) is -1.61. The Bertz CT molecular complexity index is 952. The van der Waals surface area contributed by atoms with Crippen molar-refractivity contribution in [3.05, 3.63) is 39.9 Å². The molecule has 0 radical (unpaired) electrons. The van der Waals surface area contributed by atoms with Gasteiger partial charge in [-0.05, 0) is 31.4 Å². The van der Waals surface area contributed by atoms with Crippen LogP contribution in [0.3, 0.4) is 0 Å². The van der Waals surface area contributed by atoms with E-state index >= 15 is 0 Å². The number of hydrogen-bond donors (Lipinski definition) is 0. The van der Waals surface area contributed by atoms with E-state index in [2.05, 4.69) is 9.97 Å². The number of amides is 1. The first kappa shape index (κ1) is 22.9. The maximum Gasteiger partial charge on any atom is 0.392 e. The van der Waals surface area contributed by atoms with Crippen molar-refractivity contribution >= 4 is 29.3 Å². The van der Waals surface area contributed by atoms with Gasteiger partial charge in [0, 0.05) is 19.7 Å². The van der Waals surface area contributed by atoms with Crippen LogP contribution < -0.4 is 9.47 Å². The minimum absolute atomic E-state index is 0.134. The highest BCUT2D eigenvalue weighted by Gasteiger charge is 2.29. The summed E-state index contributed by atoms with van der Waals surface area (Å²) in [6.07, 6.45) is 1.66. The predicted molar refractivity (Wildman–Crippen MR) is 107 cm³/mol. The van der Waals surface area contributed by atoms with Gasteiger partial charge >= 0.3 is 23.4 Å². The molecule has 160 valence electrons. The fraction of sp³-hybridized carbons (Fsp3) is 0.333. The molecule has 1 heterocycles. The molecule has 1 aromatic heterocycles. The molecular formula is C18H20N4O7S. The average Bonchev–Trinajstić information content (AvgIpc) is 2.71. The Balaban J connectivity index is 2.42. The van der Waals surface area contributed by atoms with Crippen LogP contribution in [0.15, 0.2) is 29.4 Å². The van der Waals surface area contributed by atoms with Gasteiger partial charge in [-0.25, -0.2) is 4.79 Å². The summed E-state index contributed by atoms with van der Waals surface area (Å²) in [6, 6.07) is 6.12. The van der Waals surface area contributed by atoms with Gasteiger partial charge in [-0.3, -0.25) is 14.9 Å². The Labute approximate surface area is 176 Å². The van der Waals surface area contributed by atoms with Gasteiger partial charge in [0.05, 0.1) is 11.5 Å². The van der Waals surface area contributed by atoms with Crippen molar-refractivity contribution in [1.82, 2.24) is 14.9 Å². The van der Waals surface area contributed by atoms with E-state index < -0.39 is 29.1 Å². The van der Waals surface area contributed by atoms with Crippen molar-refractivity contribution in [3.8, 4) is 17.5 Å². The van der Waals surface area contributed by atoms with Crippen LogP contribution in [-0.4, -0.2) is 65.2 Å². The normalized spacial score (nSPS) is 10.3. The van der Waals surface area contributed by atoms with Crippen molar-refractivity contribution in [2.75, 3.05) is 33.6 Å². The molecule has 0 aliphatic heterocycles. The molecule has 0 unspecified atom stereocenters. The summed E-state index contributed by atoms with van der Waals surface area (Å²) in [4.78, 5) is 44.0. The molecule has 12 heteroatoms. The van der Waals surface area contributed by atoms with E-state index in [1.807, 2.05) is 0 Å². The van der Waals surface area contributed by atoms with Crippen LogP contribution in [0.1, 0.15) is 17.3 Å². The van der Waals surface area contributed by atoms with Gasteiger partial charge in [-0.1, -0.05) is 17.8 Å². The maximum atomic E-state index is 12.2. The molecule has 2 aromatic rings. The van der Waals surface area contributed by atoms with Gasteiger partial charge in [0.15, 0.2) is 11.8 Å². The smallest absolute Gasteiger partial charge is 0.392 e. The molecule has 1 aromatic carbocycles. The lowest BCUT2D eigenvalue weighted by atomic mass is 10.2. The van der Waals surface area contributed by atoms with Crippen molar-refractivity contribution in [2.45, 2.75) is 12.1 Å². The first-order chi connectivity index (χ1) is 14.3. The second-order valence-electron chi connectivity index (χ2n) is 5.85. The molecule has 0 saturated carbocycles. The fourth-order valence-electron chi connectivity index (χ4n) is 2.21. The van der Waals surface area contributed by atoms with Crippen LogP contribution in [-0.2, 0) is 9.53 Å². The number of nitrogens with zero attached hydrogens (tertiary/aromatic N) is 4. The Morgan fingerprint density at radius 2 is 1.93 bits per heavy atom. The van der Waals surface area contributed by atoms with Gasteiger partial charge in [0.1, 0.15) is 5.75 Å². The SMILES string of the molecule is CCOC(=O)COc1nc(SC)nc(Oc2cccc(C(=O)N(C)C)c2)c1[N+](=O)[O-]. The lowest BCUT2D eigenvalue weighted by molar-refractivity contribution is -0.387. The minimum atomic E-state index is -0.769. The standard InChI is InChI=1S/C18H20N4O7S/c1-5-27-13(23)10-28-15-14(22(25)26)16(20-18(19-15)30-4)29-12-8-6-7-11(9-12)17(24)21(2)3/h6-9H,5,10H2,1-4H3. The third kappa shape index (κ3) is 5.80. The van der Waals surface area contributed by atoms with Crippen LogP contribution >= 0.6 is 11.8 Å². The predicted octanol–water partition coefficient (Wildman–Crippen LogP) is 2.54. The molecule has 0 aliphatic carbocycles. The Morgan fingerprint density at radius 1 is 1.23 bits per heavy atom. The highest BCUT2D eigenvalue weighted by molar-refractivity contribution is 7.98. The van der Waals surface area contributed by atoms with Gasteiger partial charge in [0.2, 0.25) is 0 Å². The number of benzene rings is 1. The van der Waals surface area contributed by atoms with E-state index in [-0.39, 0.29) is 29.3 Å². The van der Waals surface area contributed by atoms with Crippen LogP contribution in [0.25, 0.3) is 0 Å². The Morgan fingerprint density at radius 3 is 2.53 bits per heavy atom. The second kappa shape index (κ2) is 10.4. The number of carbonyl (C=O) groups is 2. The summed E-state index contributed by atoms with van der Waals surface area (Å²) in [7, 11) is 3.20. The lowest BCUT2D eigenvalue weighted by Crippen LogP contribution is -2.21. The molecule has 0 aliphatic rings. The molecule has 0 spiro atoms. The number of aromatic nitrogens is 2. The highest BCUT2D eigenvalue weighted by atomic mass is 32.2. The maximum absolute atomic E-state index is 12.2. The number of hydrogen-bond acceptors (Lipinski definition) is 10. The molecule has 1 amide bonds. The fourth-order valence-corrected chi connectivity index (χ4v) is 2.56. The summed E-state index contributed by atoms with van der Waals surface area (Å²) >= 11 is 1.10. The molecule has 0 N–H and O–H groups in total. The van der Waals surface area contributed by atoms with Gasteiger partial charge < -0.3 is 19.1 Å². The van der Waals surface area contributed by atoms with Crippen molar-refractivity contribution in [1.29, 1.82) is 0 Å². The first-order valence-corrected chi connectivity index (χ1v) is 9.87. The zero-order valence-corrected chi connectivity index (χ0v) is 17.6. The molecular weight excluding hydrogens is 416 g/mol. The van der Waals surface area contributed by atoms with Gasteiger partial charge in [0.25, 0.3) is 5.91 Å². The van der Waals surface area contributed by atoms with E-state index in [0.29, 0.717) is 5.56 Å².